The van der Waals surface area contributed by atoms with Crippen LogP contribution in [0.1, 0.15) is 24.2 Å². The van der Waals surface area contributed by atoms with Crippen molar-refractivity contribution in [2.75, 3.05) is 7.11 Å². The molecule has 0 unspecified atom stereocenters. The third kappa shape index (κ3) is 5.94. The number of carbonyl (C=O) groups is 2. The number of aromatic nitrogens is 4. The van der Waals surface area contributed by atoms with Crippen LogP contribution in [0.15, 0.2) is 46.0 Å². The Bertz CT molecular complexity index is 1250. The Morgan fingerprint density at radius 2 is 1.75 bits per heavy atom. The van der Waals surface area contributed by atoms with Gasteiger partial charge in [-0.2, -0.15) is 0 Å². The molecule has 4 rings (SSSR count). The molecule has 1 aromatic carbocycles. The van der Waals surface area contributed by atoms with Crippen LogP contribution in [-0.4, -0.2) is 48.8 Å². The number of H-pyrrole nitrogens is 2. The molecule has 1 fully saturated rings. The maximum atomic E-state index is 12.3. The number of benzene rings is 1. The van der Waals surface area contributed by atoms with Gasteiger partial charge in [0, 0.05) is 25.1 Å². The van der Waals surface area contributed by atoms with Gasteiger partial charge in [0.25, 0.3) is 5.56 Å². The SMILES string of the molecule is COc1ccc(Cn2c(CC3CC3)nc3[nH]c(=O)[nH]c(=O)c32)cc1.O=C(O)/C=C\C(=O)O. The number of hydrogen-bond acceptors (Lipinski definition) is 6. The van der Waals surface area contributed by atoms with Crippen LogP contribution < -0.4 is 16.0 Å². The molecular weight excluding hydrogens is 420 g/mol. The number of aliphatic carboxylic acids is 2. The average Bonchev–Trinajstić information content (AvgIpc) is 3.49. The molecule has 1 aliphatic carbocycles. The minimum Gasteiger partial charge on any atom is -0.497 e. The predicted molar refractivity (Wildman–Crippen MR) is 114 cm³/mol. The van der Waals surface area contributed by atoms with E-state index in [2.05, 4.69) is 15.0 Å². The molecule has 0 bridgehead atoms. The Morgan fingerprint density at radius 3 is 2.28 bits per heavy atom. The molecule has 2 aromatic heterocycles. The van der Waals surface area contributed by atoms with Crippen LogP contribution >= 0.6 is 0 Å². The molecule has 168 valence electrons. The third-order valence-corrected chi connectivity index (χ3v) is 4.76. The normalized spacial score (nSPS) is 13.0. The van der Waals surface area contributed by atoms with E-state index in [1.165, 1.54) is 12.8 Å². The average molecular weight is 442 g/mol. The minimum absolute atomic E-state index is 0.355. The summed E-state index contributed by atoms with van der Waals surface area (Å²) in [4.78, 5) is 52.3. The summed E-state index contributed by atoms with van der Waals surface area (Å²) in [6.45, 7) is 0.525. The van der Waals surface area contributed by atoms with E-state index < -0.39 is 23.2 Å². The van der Waals surface area contributed by atoms with E-state index in [4.69, 9.17) is 14.9 Å². The number of nitrogens with zero attached hydrogens (tertiary/aromatic N) is 2. The van der Waals surface area contributed by atoms with Gasteiger partial charge < -0.3 is 19.5 Å². The first-order chi connectivity index (χ1) is 15.3. The molecular formula is C21H22N4O7. The van der Waals surface area contributed by atoms with Crippen LogP contribution in [0.25, 0.3) is 11.2 Å². The van der Waals surface area contributed by atoms with Gasteiger partial charge in [0.05, 0.1) is 7.11 Å². The van der Waals surface area contributed by atoms with E-state index in [0.29, 0.717) is 35.8 Å². The molecule has 0 saturated heterocycles. The summed E-state index contributed by atoms with van der Waals surface area (Å²) in [6, 6.07) is 7.71. The van der Waals surface area contributed by atoms with Gasteiger partial charge in [-0.3, -0.25) is 14.8 Å². The fourth-order valence-corrected chi connectivity index (χ4v) is 3.08. The van der Waals surface area contributed by atoms with Gasteiger partial charge in [0.2, 0.25) is 0 Å². The molecule has 0 atom stereocenters. The number of ether oxygens (including phenoxy) is 1. The highest BCUT2D eigenvalue weighted by atomic mass is 16.5. The zero-order valence-electron chi connectivity index (χ0n) is 17.2. The summed E-state index contributed by atoms with van der Waals surface area (Å²) in [5.74, 6) is -0.257. The van der Waals surface area contributed by atoms with Crippen molar-refractivity contribution in [3.8, 4) is 5.75 Å². The molecule has 0 radical (unpaired) electrons. The van der Waals surface area contributed by atoms with E-state index in [1.54, 1.807) is 7.11 Å². The first-order valence-corrected chi connectivity index (χ1v) is 9.75. The van der Waals surface area contributed by atoms with Crippen molar-refractivity contribution in [2.24, 2.45) is 5.92 Å². The number of imidazole rings is 1. The summed E-state index contributed by atoms with van der Waals surface area (Å²) in [7, 11) is 1.63. The standard InChI is InChI=1S/C17H18N4O3.C4H4O4/c1-24-12-6-4-11(5-7-12)9-21-13(8-10-2-3-10)18-15-14(21)16(22)20-17(23)19-15;5-3(6)1-2-4(7)8/h4-7,10H,2-3,8-9H2,1H3,(H2,19,20,22,23);1-2H,(H,5,6)(H,7,8)/b;2-1-. The second-order valence-electron chi connectivity index (χ2n) is 7.23. The van der Waals surface area contributed by atoms with Crippen molar-refractivity contribution in [3.63, 3.8) is 0 Å². The Morgan fingerprint density at radius 1 is 1.12 bits per heavy atom. The number of carboxylic acids is 2. The number of fused-ring (bicyclic) bond motifs is 1. The Hall–Kier alpha value is -4.15. The second kappa shape index (κ2) is 9.77. The fourth-order valence-electron chi connectivity index (χ4n) is 3.08. The molecule has 1 aliphatic rings. The van der Waals surface area contributed by atoms with E-state index >= 15 is 0 Å². The predicted octanol–water partition coefficient (Wildman–Crippen LogP) is 1.13. The zero-order chi connectivity index (χ0) is 23.3. The summed E-state index contributed by atoms with van der Waals surface area (Å²) >= 11 is 0. The topological polar surface area (TPSA) is 167 Å². The van der Waals surface area contributed by atoms with Gasteiger partial charge in [-0.1, -0.05) is 12.1 Å². The monoisotopic (exact) mass is 442 g/mol. The van der Waals surface area contributed by atoms with Gasteiger partial charge in [-0.15, -0.1) is 0 Å². The highest BCUT2D eigenvalue weighted by Crippen LogP contribution is 2.33. The largest absolute Gasteiger partial charge is 0.497 e. The number of hydrogen-bond donors (Lipinski definition) is 4. The number of aromatic amines is 2. The summed E-state index contributed by atoms with van der Waals surface area (Å²) in [5, 5.41) is 15.6. The van der Waals surface area contributed by atoms with Crippen LogP contribution in [0.3, 0.4) is 0 Å². The van der Waals surface area contributed by atoms with Crippen molar-refractivity contribution in [2.45, 2.75) is 25.8 Å². The Labute approximate surface area is 181 Å². The molecule has 11 nitrogen and oxygen atoms in total. The number of rotatable bonds is 7. The number of nitrogens with one attached hydrogen (secondary N) is 2. The zero-order valence-corrected chi connectivity index (χ0v) is 17.2. The van der Waals surface area contributed by atoms with E-state index in [0.717, 1.165) is 23.6 Å². The summed E-state index contributed by atoms with van der Waals surface area (Å²) in [5.41, 5.74) is 0.878. The lowest BCUT2D eigenvalue weighted by Gasteiger charge is -2.09. The van der Waals surface area contributed by atoms with Gasteiger partial charge in [0.1, 0.15) is 11.6 Å². The maximum Gasteiger partial charge on any atom is 0.328 e. The van der Waals surface area contributed by atoms with E-state index in [-0.39, 0.29) is 0 Å². The lowest BCUT2D eigenvalue weighted by molar-refractivity contribution is -0.134. The first kappa shape index (κ1) is 22.5. The van der Waals surface area contributed by atoms with Crippen LogP contribution in [0.4, 0.5) is 0 Å². The Balaban J connectivity index is 0.000000312. The van der Waals surface area contributed by atoms with E-state index in [1.807, 2.05) is 28.8 Å². The molecule has 2 heterocycles. The molecule has 0 amide bonds. The van der Waals surface area contributed by atoms with Crippen molar-refractivity contribution >= 4 is 23.1 Å². The minimum atomic E-state index is -1.26. The molecule has 32 heavy (non-hydrogen) atoms. The molecule has 3 aromatic rings. The fraction of sp³-hybridized carbons (Fsp3) is 0.286. The molecule has 1 saturated carbocycles. The van der Waals surface area contributed by atoms with E-state index in [9.17, 15) is 19.2 Å². The number of carboxylic acid groups (broad SMARTS) is 2. The van der Waals surface area contributed by atoms with Gasteiger partial charge in [-0.25, -0.2) is 19.4 Å². The highest BCUT2D eigenvalue weighted by Gasteiger charge is 2.25. The Kier molecular flexibility index (Phi) is 6.88. The lowest BCUT2D eigenvalue weighted by atomic mass is 10.2. The summed E-state index contributed by atoms with van der Waals surface area (Å²) < 4.78 is 7.08. The molecule has 0 spiro atoms. The first-order valence-electron chi connectivity index (χ1n) is 9.75. The van der Waals surface area contributed by atoms with Crippen molar-refractivity contribution in [1.82, 2.24) is 19.5 Å². The van der Waals surface area contributed by atoms with Crippen LogP contribution in [0.5, 0.6) is 5.75 Å². The van der Waals surface area contributed by atoms with Gasteiger partial charge in [0.15, 0.2) is 11.2 Å². The van der Waals surface area contributed by atoms with Crippen LogP contribution in [-0.2, 0) is 22.6 Å². The quantitative estimate of drug-likeness (QED) is 0.395. The highest BCUT2D eigenvalue weighted by molar-refractivity contribution is 5.89. The molecule has 11 heteroatoms. The third-order valence-electron chi connectivity index (χ3n) is 4.76. The smallest absolute Gasteiger partial charge is 0.328 e. The van der Waals surface area contributed by atoms with Crippen molar-refractivity contribution < 1.29 is 24.5 Å². The molecule has 4 N–H and O–H groups in total. The van der Waals surface area contributed by atoms with Crippen LogP contribution in [0.2, 0.25) is 0 Å². The van der Waals surface area contributed by atoms with Crippen molar-refractivity contribution in [3.05, 3.63) is 68.6 Å². The van der Waals surface area contributed by atoms with Crippen molar-refractivity contribution in [1.29, 1.82) is 0 Å². The van der Waals surface area contributed by atoms with Gasteiger partial charge >= 0.3 is 17.6 Å². The molecule has 0 aliphatic heterocycles. The maximum absolute atomic E-state index is 12.3. The van der Waals surface area contributed by atoms with Gasteiger partial charge in [-0.05, 0) is 36.5 Å². The number of methoxy groups -OCH3 is 1. The lowest BCUT2D eigenvalue weighted by Crippen LogP contribution is -2.23. The van der Waals surface area contributed by atoms with Crippen LogP contribution in [0, 0.1) is 5.92 Å². The second-order valence-corrected chi connectivity index (χ2v) is 7.23. The summed E-state index contributed by atoms with van der Waals surface area (Å²) in [6.07, 6.45) is 4.33.